The fourth-order valence-electron chi connectivity index (χ4n) is 3.69. The van der Waals surface area contributed by atoms with Crippen molar-refractivity contribution in [2.45, 2.75) is 6.42 Å². The van der Waals surface area contributed by atoms with E-state index in [1.165, 1.54) is 0 Å². The Balaban J connectivity index is 1.57. The third-order valence-corrected chi connectivity index (χ3v) is 5.14. The molecule has 1 aliphatic rings. The first-order valence-corrected chi connectivity index (χ1v) is 9.41. The summed E-state index contributed by atoms with van der Waals surface area (Å²) in [6, 6.07) is 22.7. The van der Waals surface area contributed by atoms with Crippen LogP contribution in [0.3, 0.4) is 0 Å². The molecule has 0 radical (unpaired) electrons. The number of hydrogen-bond donors (Lipinski definition) is 1. The van der Waals surface area contributed by atoms with Gasteiger partial charge in [-0.15, -0.1) is 0 Å². The number of carbonyl (C=O) groups is 2. The van der Waals surface area contributed by atoms with Crippen molar-refractivity contribution >= 4 is 11.7 Å². The van der Waals surface area contributed by atoms with E-state index < -0.39 is 0 Å². The molecule has 1 amide bonds. The van der Waals surface area contributed by atoms with Crippen LogP contribution in [0.5, 0.6) is 0 Å². The smallest absolute Gasteiger partial charge is 0.253 e. The van der Waals surface area contributed by atoms with Crippen LogP contribution in [-0.4, -0.2) is 41.4 Å². The third-order valence-electron chi connectivity index (χ3n) is 5.14. The first-order valence-electron chi connectivity index (χ1n) is 9.41. The Bertz CT molecular complexity index is 1030. The van der Waals surface area contributed by atoms with Gasteiger partial charge in [-0.25, -0.2) is 0 Å². The number of amides is 1. The van der Waals surface area contributed by atoms with Gasteiger partial charge in [0.1, 0.15) is 0 Å². The van der Waals surface area contributed by atoms with E-state index in [1.54, 1.807) is 17.0 Å². The minimum Gasteiger partial charge on any atom is -0.395 e. The zero-order valence-electron chi connectivity index (χ0n) is 15.5. The normalized spacial score (nSPS) is 11.8. The zero-order valence-corrected chi connectivity index (χ0v) is 15.5. The van der Waals surface area contributed by atoms with Crippen molar-refractivity contribution < 1.29 is 14.7 Å². The Morgan fingerprint density at radius 2 is 1.46 bits per heavy atom. The molecule has 28 heavy (non-hydrogen) atoms. The lowest BCUT2D eigenvalue weighted by Gasteiger charge is -2.22. The van der Waals surface area contributed by atoms with Gasteiger partial charge in [-0.1, -0.05) is 60.7 Å². The standard InChI is InChI=1S/C24H21NO3/c26-15-14-25(13-12-17-6-2-1-3-7-17)24(28)18-10-11-20-19-8-4-5-9-21(19)23(27)22(20)16-18/h1-11,16,26H,12-15H2. The SMILES string of the molecule is O=C1c2ccccc2-c2ccc(C(=O)N(CCO)CCc3ccccc3)cc21. The molecule has 0 atom stereocenters. The first kappa shape index (κ1) is 18.1. The predicted octanol–water partition coefficient (Wildman–Crippen LogP) is 3.58. The van der Waals surface area contributed by atoms with E-state index >= 15 is 0 Å². The van der Waals surface area contributed by atoms with Crippen molar-refractivity contribution in [3.8, 4) is 11.1 Å². The Morgan fingerprint density at radius 3 is 2.21 bits per heavy atom. The maximum Gasteiger partial charge on any atom is 0.253 e. The molecule has 0 spiro atoms. The lowest BCUT2D eigenvalue weighted by atomic mass is 10.0. The molecule has 3 aromatic carbocycles. The number of hydrogen-bond acceptors (Lipinski definition) is 3. The van der Waals surface area contributed by atoms with E-state index in [0.717, 1.165) is 16.7 Å². The molecule has 1 aliphatic carbocycles. The highest BCUT2D eigenvalue weighted by Crippen LogP contribution is 2.36. The second-order valence-electron chi connectivity index (χ2n) is 6.89. The molecular formula is C24H21NO3. The van der Waals surface area contributed by atoms with E-state index in [2.05, 4.69) is 0 Å². The van der Waals surface area contributed by atoms with Crippen LogP contribution >= 0.6 is 0 Å². The predicted molar refractivity (Wildman–Crippen MR) is 108 cm³/mol. The van der Waals surface area contributed by atoms with Crippen LogP contribution < -0.4 is 0 Å². The Kier molecular flexibility index (Phi) is 5.04. The molecule has 0 bridgehead atoms. The third kappa shape index (κ3) is 3.35. The molecule has 4 heteroatoms. The quantitative estimate of drug-likeness (QED) is 0.564. The molecule has 140 valence electrons. The summed E-state index contributed by atoms with van der Waals surface area (Å²) in [5, 5.41) is 9.40. The summed E-state index contributed by atoms with van der Waals surface area (Å²) in [5.74, 6) is -0.213. The number of ketones is 1. The van der Waals surface area contributed by atoms with Gasteiger partial charge in [-0.3, -0.25) is 9.59 Å². The zero-order chi connectivity index (χ0) is 19.5. The van der Waals surface area contributed by atoms with Gasteiger partial charge in [0.15, 0.2) is 5.78 Å². The molecule has 0 aromatic heterocycles. The van der Waals surface area contributed by atoms with Gasteiger partial charge >= 0.3 is 0 Å². The van der Waals surface area contributed by atoms with Crippen LogP contribution in [0.1, 0.15) is 31.8 Å². The van der Waals surface area contributed by atoms with Gasteiger partial charge in [-0.2, -0.15) is 0 Å². The summed E-state index contributed by atoms with van der Waals surface area (Å²) >= 11 is 0. The minimum atomic E-state index is -0.170. The molecule has 0 saturated carbocycles. The highest BCUT2D eigenvalue weighted by molar-refractivity contribution is 6.22. The van der Waals surface area contributed by atoms with Crippen LogP contribution in [-0.2, 0) is 6.42 Å². The number of benzene rings is 3. The molecule has 0 aliphatic heterocycles. The van der Waals surface area contributed by atoms with Crippen LogP contribution in [0.25, 0.3) is 11.1 Å². The Morgan fingerprint density at radius 1 is 0.786 bits per heavy atom. The number of nitrogens with zero attached hydrogens (tertiary/aromatic N) is 1. The van der Waals surface area contributed by atoms with Crippen LogP contribution in [0.15, 0.2) is 72.8 Å². The number of fused-ring (bicyclic) bond motifs is 3. The van der Waals surface area contributed by atoms with Gasteiger partial charge in [0.2, 0.25) is 0 Å². The van der Waals surface area contributed by atoms with Gasteiger partial charge in [0.25, 0.3) is 5.91 Å². The highest BCUT2D eigenvalue weighted by Gasteiger charge is 2.27. The monoisotopic (exact) mass is 371 g/mol. The average molecular weight is 371 g/mol. The summed E-state index contributed by atoms with van der Waals surface area (Å²) in [6.45, 7) is 0.668. The van der Waals surface area contributed by atoms with Crippen molar-refractivity contribution in [3.05, 3.63) is 95.1 Å². The van der Waals surface area contributed by atoms with E-state index in [1.807, 2.05) is 60.7 Å². The fourth-order valence-corrected chi connectivity index (χ4v) is 3.69. The molecule has 4 rings (SSSR count). The van der Waals surface area contributed by atoms with E-state index in [9.17, 15) is 14.7 Å². The molecule has 0 heterocycles. The minimum absolute atomic E-state index is 0.0433. The lowest BCUT2D eigenvalue weighted by molar-refractivity contribution is 0.0724. The molecule has 3 aromatic rings. The molecular weight excluding hydrogens is 350 g/mol. The second kappa shape index (κ2) is 7.79. The summed E-state index contributed by atoms with van der Waals surface area (Å²) in [6.07, 6.45) is 0.710. The Labute approximate surface area is 164 Å². The van der Waals surface area contributed by atoms with Crippen molar-refractivity contribution in [3.63, 3.8) is 0 Å². The second-order valence-corrected chi connectivity index (χ2v) is 6.89. The first-order chi connectivity index (χ1) is 13.7. The summed E-state index contributed by atoms with van der Waals surface area (Å²) in [7, 11) is 0. The van der Waals surface area contributed by atoms with E-state index in [4.69, 9.17) is 0 Å². The maximum atomic E-state index is 13.0. The van der Waals surface area contributed by atoms with E-state index in [-0.39, 0.29) is 24.8 Å². The molecule has 1 N–H and O–H groups in total. The largest absolute Gasteiger partial charge is 0.395 e. The summed E-state index contributed by atoms with van der Waals surface area (Å²) in [5.41, 5.74) is 4.64. The number of aliphatic hydroxyl groups is 1. The lowest BCUT2D eigenvalue weighted by Crippen LogP contribution is -2.35. The fraction of sp³-hybridized carbons (Fsp3) is 0.167. The molecule has 0 saturated heterocycles. The maximum absolute atomic E-state index is 13.0. The van der Waals surface area contributed by atoms with Crippen molar-refractivity contribution in [1.82, 2.24) is 4.90 Å². The average Bonchev–Trinajstić information content (AvgIpc) is 3.03. The topological polar surface area (TPSA) is 57.6 Å². The summed E-state index contributed by atoms with van der Waals surface area (Å²) < 4.78 is 0. The van der Waals surface area contributed by atoms with Gasteiger partial charge in [-0.05, 0) is 35.2 Å². The molecule has 0 fully saturated rings. The van der Waals surface area contributed by atoms with Crippen molar-refractivity contribution in [2.24, 2.45) is 0 Å². The molecule has 0 unspecified atom stereocenters. The van der Waals surface area contributed by atoms with Crippen molar-refractivity contribution in [1.29, 1.82) is 0 Å². The highest BCUT2D eigenvalue weighted by atomic mass is 16.3. The van der Waals surface area contributed by atoms with Crippen LogP contribution in [0.2, 0.25) is 0 Å². The summed E-state index contributed by atoms with van der Waals surface area (Å²) in [4.78, 5) is 27.4. The number of rotatable bonds is 6. The van der Waals surface area contributed by atoms with Crippen LogP contribution in [0, 0.1) is 0 Å². The number of carbonyl (C=O) groups excluding carboxylic acids is 2. The van der Waals surface area contributed by atoms with Gasteiger partial charge < -0.3 is 10.0 Å². The van der Waals surface area contributed by atoms with Gasteiger partial charge in [0.05, 0.1) is 6.61 Å². The van der Waals surface area contributed by atoms with Crippen LogP contribution in [0.4, 0.5) is 0 Å². The molecule has 4 nitrogen and oxygen atoms in total. The van der Waals surface area contributed by atoms with E-state index in [0.29, 0.717) is 29.7 Å². The van der Waals surface area contributed by atoms with Gasteiger partial charge in [0, 0.05) is 29.8 Å². The Hall–Kier alpha value is -3.24. The van der Waals surface area contributed by atoms with Crippen molar-refractivity contribution in [2.75, 3.05) is 19.7 Å². The number of aliphatic hydroxyl groups excluding tert-OH is 1.